The fourth-order valence-corrected chi connectivity index (χ4v) is 4.77. The number of methoxy groups -OCH3 is 1. The molecule has 0 atom stereocenters. The molecule has 2 aromatic carbocycles. The van der Waals surface area contributed by atoms with Gasteiger partial charge in [0.1, 0.15) is 0 Å². The minimum Gasteiger partial charge on any atom is -0.383 e. The molecule has 0 saturated heterocycles. The molecular formula is C18H19NO3S2. The van der Waals surface area contributed by atoms with Crippen molar-refractivity contribution in [2.45, 2.75) is 11.4 Å². The zero-order chi connectivity index (χ0) is 17.0. The summed E-state index contributed by atoms with van der Waals surface area (Å²) in [6.45, 7) is 1.04. The molecule has 0 aliphatic carbocycles. The summed E-state index contributed by atoms with van der Waals surface area (Å²) in [4.78, 5) is 1.32. The second kappa shape index (κ2) is 7.44. The van der Waals surface area contributed by atoms with Gasteiger partial charge in [-0.05, 0) is 34.4 Å². The number of hydrogen-bond acceptors (Lipinski definition) is 4. The van der Waals surface area contributed by atoms with E-state index in [0.717, 1.165) is 15.6 Å². The summed E-state index contributed by atoms with van der Waals surface area (Å²) < 4.78 is 32.7. The van der Waals surface area contributed by atoms with E-state index in [2.05, 4.69) is 0 Å². The van der Waals surface area contributed by atoms with E-state index in [1.807, 2.05) is 47.8 Å². The average Bonchev–Trinajstić information content (AvgIpc) is 3.11. The minimum atomic E-state index is -3.58. The first-order chi connectivity index (χ1) is 11.6. The summed E-state index contributed by atoms with van der Waals surface area (Å²) in [6, 6.07) is 16.9. The lowest BCUT2D eigenvalue weighted by Crippen LogP contribution is -2.33. The standard InChI is InChI=1S/C18H19NO3S2/c1-22-11-10-19(14-17-7-4-12-23-17)24(20,21)18-9-8-15-5-2-3-6-16(15)13-18/h2-9,12-13H,10-11,14H2,1H3. The Morgan fingerprint density at radius 1 is 1.04 bits per heavy atom. The van der Waals surface area contributed by atoms with Crippen molar-refractivity contribution < 1.29 is 13.2 Å². The topological polar surface area (TPSA) is 46.6 Å². The summed E-state index contributed by atoms with van der Waals surface area (Å²) in [5.74, 6) is 0. The maximum atomic E-state index is 13.1. The lowest BCUT2D eigenvalue weighted by molar-refractivity contribution is 0.177. The highest BCUT2D eigenvalue weighted by Crippen LogP contribution is 2.24. The van der Waals surface area contributed by atoms with Crippen LogP contribution in [0, 0.1) is 0 Å². The van der Waals surface area contributed by atoms with Crippen LogP contribution in [0.3, 0.4) is 0 Å². The Hall–Kier alpha value is -1.73. The molecule has 1 aromatic heterocycles. The summed E-state index contributed by atoms with van der Waals surface area (Å²) >= 11 is 1.55. The van der Waals surface area contributed by atoms with Crippen LogP contribution in [0.1, 0.15) is 4.88 Å². The van der Waals surface area contributed by atoms with Crippen molar-refractivity contribution in [1.82, 2.24) is 4.31 Å². The predicted molar refractivity (Wildman–Crippen MR) is 97.7 cm³/mol. The molecule has 126 valence electrons. The third kappa shape index (κ3) is 3.67. The first-order valence-electron chi connectivity index (χ1n) is 7.61. The van der Waals surface area contributed by atoms with E-state index < -0.39 is 10.0 Å². The number of benzene rings is 2. The van der Waals surface area contributed by atoms with Gasteiger partial charge in [-0.2, -0.15) is 4.31 Å². The zero-order valence-corrected chi connectivity index (χ0v) is 15.0. The highest BCUT2D eigenvalue weighted by molar-refractivity contribution is 7.89. The molecule has 0 N–H and O–H groups in total. The summed E-state index contributed by atoms with van der Waals surface area (Å²) in [5, 5.41) is 3.89. The highest BCUT2D eigenvalue weighted by Gasteiger charge is 2.25. The van der Waals surface area contributed by atoms with Crippen LogP contribution >= 0.6 is 11.3 Å². The fraction of sp³-hybridized carbons (Fsp3) is 0.222. The van der Waals surface area contributed by atoms with E-state index in [-0.39, 0.29) is 0 Å². The van der Waals surface area contributed by atoms with Crippen molar-refractivity contribution in [3.05, 3.63) is 64.9 Å². The van der Waals surface area contributed by atoms with E-state index in [0.29, 0.717) is 24.6 Å². The Morgan fingerprint density at radius 2 is 1.83 bits per heavy atom. The third-order valence-electron chi connectivity index (χ3n) is 3.82. The summed E-state index contributed by atoms with van der Waals surface area (Å²) in [6.07, 6.45) is 0. The van der Waals surface area contributed by atoms with E-state index in [9.17, 15) is 8.42 Å². The lowest BCUT2D eigenvalue weighted by Gasteiger charge is -2.21. The number of ether oxygens (including phenoxy) is 1. The normalized spacial score (nSPS) is 12.1. The van der Waals surface area contributed by atoms with Crippen LogP contribution in [0.5, 0.6) is 0 Å². The number of sulfonamides is 1. The van der Waals surface area contributed by atoms with E-state index in [1.54, 1.807) is 30.6 Å². The molecular weight excluding hydrogens is 342 g/mol. The van der Waals surface area contributed by atoms with Crippen LogP contribution in [0.25, 0.3) is 10.8 Å². The third-order valence-corrected chi connectivity index (χ3v) is 6.52. The number of nitrogens with zero attached hydrogens (tertiary/aromatic N) is 1. The SMILES string of the molecule is COCCN(Cc1cccs1)S(=O)(=O)c1ccc2ccccc2c1. The number of fused-ring (bicyclic) bond motifs is 1. The van der Waals surface area contributed by atoms with Crippen molar-refractivity contribution in [1.29, 1.82) is 0 Å². The molecule has 0 fully saturated rings. The maximum absolute atomic E-state index is 13.1. The van der Waals surface area contributed by atoms with Gasteiger partial charge in [-0.25, -0.2) is 8.42 Å². The molecule has 0 unspecified atom stereocenters. The molecule has 0 radical (unpaired) electrons. The van der Waals surface area contributed by atoms with Crippen molar-refractivity contribution in [2.24, 2.45) is 0 Å². The number of thiophene rings is 1. The predicted octanol–water partition coefficient (Wildman–Crippen LogP) is 3.74. The molecule has 4 nitrogen and oxygen atoms in total. The van der Waals surface area contributed by atoms with Gasteiger partial charge >= 0.3 is 0 Å². The second-order valence-corrected chi connectivity index (χ2v) is 8.39. The van der Waals surface area contributed by atoms with Crippen LogP contribution < -0.4 is 0 Å². The number of rotatable bonds is 7. The fourth-order valence-electron chi connectivity index (χ4n) is 2.53. The molecule has 6 heteroatoms. The molecule has 0 aliphatic heterocycles. The molecule has 3 rings (SSSR count). The minimum absolute atomic E-state index is 0.314. The summed E-state index contributed by atoms with van der Waals surface area (Å²) in [7, 11) is -2.01. The highest BCUT2D eigenvalue weighted by atomic mass is 32.2. The van der Waals surface area contributed by atoms with Gasteiger partial charge in [-0.1, -0.05) is 36.4 Å². The van der Waals surface area contributed by atoms with Crippen LogP contribution in [0.4, 0.5) is 0 Å². The van der Waals surface area contributed by atoms with Gasteiger partial charge in [0.15, 0.2) is 0 Å². The molecule has 3 aromatic rings. The van der Waals surface area contributed by atoms with Crippen LogP contribution in [0.15, 0.2) is 64.9 Å². The molecule has 0 spiro atoms. The Balaban J connectivity index is 1.96. The monoisotopic (exact) mass is 361 g/mol. The summed E-state index contributed by atoms with van der Waals surface area (Å²) in [5.41, 5.74) is 0. The Labute approximate surface area is 146 Å². The lowest BCUT2D eigenvalue weighted by atomic mass is 10.1. The average molecular weight is 361 g/mol. The first kappa shape index (κ1) is 17.1. The van der Waals surface area contributed by atoms with Crippen LogP contribution in [-0.2, 0) is 21.3 Å². The van der Waals surface area contributed by atoms with Gasteiger partial charge in [0.05, 0.1) is 11.5 Å². The second-order valence-electron chi connectivity index (χ2n) is 5.42. The van der Waals surface area contributed by atoms with E-state index in [1.165, 1.54) is 4.31 Å². The van der Waals surface area contributed by atoms with Crippen molar-refractivity contribution >= 4 is 32.1 Å². The number of hydrogen-bond donors (Lipinski definition) is 0. The first-order valence-corrected chi connectivity index (χ1v) is 9.93. The molecule has 0 amide bonds. The molecule has 0 bridgehead atoms. The smallest absolute Gasteiger partial charge is 0.243 e. The maximum Gasteiger partial charge on any atom is 0.243 e. The van der Waals surface area contributed by atoms with Crippen molar-refractivity contribution in [3.63, 3.8) is 0 Å². The van der Waals surface area contributed by atoms with Gasteiger partial charge in [-0.15, -0.1) is 11.3 Å². The molecule has 0 saturated carbocycles. The molecule has 1 heterocycles. The molecule has 0 aliphatic rings. The van der Waals surface area contributed by atoms with Gasteiger partial charge < -0.3 is 4.74 Å². The van der Waals surface area contributed by atoms with E-state index >= 15 is 0 Å². The van der Waals surface area contributed by atoms with Crippen molar-refractivity contribution in [2.75, 3.05) is 20.3 Å². The van der Waals surface area contributed by atoms with Gasteiger partial charge in [0.2, 0.25) is 10.0 Å². The Morgan fingerprint density at radius 3 is 2.54 bits per heavy atom. The zero-order valence-electron chi connectivity index (χ0n) is 13.4. The Bertz CT molecular complexity index is 905. The van der Waals surface area contributed by atoms with Gasteiger partial charge in [0, 0.05) is 25.1 Å². The van der Waals surface area contributed by atoms with Gasteiger partial charge in [-0.3, -0.25) is 0 Å². The van der Waals surface area contributed by atoms with Gasteiger partial charge in [0.25, 0.3) is 0 Å². The Kier molecular flexibility index (Phi) is 5.30. The van der Waals surface area contributed by atoms with Crippen LogP contribution in [0.2, 0.25) is 0 Å². The largest absolute Gasteiger partial charge is 0.383 e. The van der Waals surface area contributed by atoms with E-state index in [4.69, 9.17) is 4.74 Å². The quantitative estimate of drug-likeness (QED) is 0.644. The van der Waals surface area contributed by atoms with Crippen molar-refractivity contribution in [3.8, 4) is 0 Å². The molecule has 24 heavy (non-hydrogen) atoms. The van der Waals surface area contributed by atoms with Crippen LogP contribution in [-0.4, -0.2) is 33.0 Å².